The van der Waals surface area contributed by atoms with Gasteiger partial charge >= 0.3 is 0 Å². The third kappa shape index (κ3) is 4.03. The molecular formula is C13H19NO2. The summed E-state index contributed by atoms with van der Waals surface area (Å²) >= 11 is 0. The van der Waals surface area contributed by atoms with Crippen LogP contribution in [-0.2, 0) is 4.79 Å². The van der Waals surface area contributed by atoms with Crippen LogP contribution in [0.5, 0.6) is 0 Å². The van der Waals surface area contributed by atoms with E-state index >= 15 is 0 Å². The number of hydrogen-bond donors (Lipinski definition) is 2. The lowest BCUT2D eigenvalue weighted by Gasteiger charge is -2.10. The highest BCUT2D eigenvalue weighted by atomic mass is 16.3. The second kappa shape index (κ2) is 6.28. The van der Waals surface area contributed by atoms with Crippen LogP contribution in [-0.4, -0.2) is 18.1 Å². The van der Waals surface area contributed by atoms with Gasteiger partial charge in [0, 0.05) is 13.5 Å². The van der Waals surface area contributed by atoms with E-state index in [1.54, 1.807) is 7.05 Å². The van der Waals surface area contributed by atoms with Gasteiger partial charge in [-0.25, -0.2) is 0 Å². The maximum Gasteiger partial charge on any atom is 0.219 e. The summed E-state index contributed by atoms with van der Waals surface area (Å²) in [4.78, 5) is 11.0. The molecule has 0 bridgehead atoms. The smallest absolute Gasteiger partial charge is 0.219 e. The van der Waals surface area contributed by atoms with E-state index in [1.165, 1.54) is 5.56 Å². The predicted molar refractivity (Wildman–Crippen MR) is 64.1 cm³/mol. The highest BCUT2D eigenvalue weighted by molar-refractivity contribution is 5.75. The average molecular weight is 221 g/mol. The molecule has 88 valence electrons. The van der Waals surface area contributed by atoms with Crippen molar-refractivity contribution in [2.75, 3.05) is 7.05 Å². The Morgan fingerprint density at radius 1 is 1.38 bits per heavy atom. The normalized spacial score (nSPS) is 12.2. The van der Waals surface area contributed by atoms with E-state index in [1.807, 2.05) is 31.2 Å². The van der Waals surface area contributed by atoms with E-state index in [9.17, 15) is 9.90 Å². The SMILES string of the molecule is CNC(=O)CCCC(O)c1ccc(C)cc1. The summed E-state index contributed by atoms with van der Waals surface area (Å²) in [5.41, 5.74) is 2.10. The molecule has 1 unspecified atom stereocenters. The van der Waals surface area contributed by atoms with Gasteiger partial charge < -0.3 is 10.4 Å². The fourth-order valence-electron chi connectivity index (χ4n) is 1.54. The Morgan fingerprint density at radius 3 is 2.56 bits per heavy atom. The Bertz CT molecular complexity index is 332. The maximum absolute atomic E-state index is 11.0. The number of carbonyl (C=O) groups excluding carboxylic acids is 1. The van der Waals surface area contributed by atoms with E-state index < -0.39 is 6.10 Å². The summed E-state index contributed by atoms with van der Waals surface area (Å²) in [7, 11) is 1.62. The minimum Gasteiger partial charge on any atom is -0.388 e. The minimum absolute atomic E-state index is 0.0242. The molecule has 0 radical (unpaired) electrons. The number of nitrogens with one attached hydrogen (secondary N) is 1. The van der Waals surface area contributed by atoms with Gasteiger partial charge in [-0.05, 0) is 25.3 Å². The molecule has 0 saturated heterocycles. The molecule has 1 rings (SSSR count). The molecule has 1 amide bonds. The first-order chi connectivity index (χ1) is 7.63. The largest absolute Gasteiger partial charge is 0.388 e. The van der Waals surface area contributed by atoms with Crippen molar-refractivity contribution in [2.24, 2.45) is 0 Å². The third-order valence-corrected chi connectivity index (χ3v) is 2.62. The standard InChI is InChI=1S/C13H19NO2/c1-10-6-8-11(9-7-10)12(15)4-3-5-13(16)14-2/h6-9,12,15H,3-5H2,1-2H3,(H,14,16). The van der Waals surface area contributed by atoms with E-state index in [-0.39, 0.29) is 5.91 Å². The number of aryl methyl sites for hydroxylation is 1. The summed E-state index contributed by atoms with van der Waals surface area (Å²) in [6.07, 6.45) is 1.33. The van der Waals surface area contributed by atoms with Crippen LogP contribution in [0, 0.1) is 6.92 Å². The Labute approximate surface area is 96.5 Å². The number of aliphatic hydroxyl groups is 1. The van der Waals surface area contributed by atoms with Gasteiger partial charge in [-0.1, -0.05) is 29.8 Å². The van der Waals surface area contributed by atoms with Gasteiger partial charge in [0.05, 0.1) is 6.10 Å². The van der Waals surface area contributed by atoms with Crippen molar-refractivity contribution in [1.82, 2.24) is 5.32 Å². The number of aliphatic hydroxyl groups excluding tert-OH is 1. The van der Waals surface area contributed by atoms with Crippen LogP contribution in [0.15, 0.2) is 24.3 Å². The highest BCUT2D eigenvalue weighted by Gasteiger charge is 2.07. The first kappa shape index (κ1) is 12.7. The summed E-state index contributed by atoms with van der Waals surface area (Å²) in [6, 6.07) is 7.83. The average Bonchev–Trinajstić information content (AvgIpc) is 2.29. The molecule has 0 fully saturated rings. The Hall–Kier alpha value is -1.35. The molecular weight excluding hydrogens is 202 g/mol. The monoisotopic (exact) mass is 221 g/mol. The first-order valence-corrected chi connectivity index (χ1v) is 5.58. The molecule has 3 nitrogen and oxygen atoms in total. The molecule has 0 spiro atoms. The van der Waals surface area contributed by atoms with Crippen molar-refractivity contribution in [3.05, 3.63) is 35.4 Å². The molecule has 0 aromatic heterocycles. The number of amides is 1. The van der Waals surface area contributed by atoms with Crippen molar-refractivity contribution >= 4 is 5.91 Å². The van der Waals surface area contributed by atoms with Gasteiger partial charge in [0.25, 0.3) is 0 Å². The van der Waals surface area contributed by atoms with Gasteiger partial charge in [0.15, 0.2) is 0 Å². The summed E-state index contributed by atoms with van der Waals surface area (Å²) < 4.78 is 0. The Morgan fingerprint density at radius 2 is 2.00 bits per heavy atom. The number of rotatable bonds is 5. The third-order valence-electron chi connectivity index (χ3n) is 2.62. The molecule has 16 heavy (non-hydrogen) atoms. The van der Waals surface area contributed by atoms with Gasteiger partial charge in [-0.15, -0.1) is 0 Å². The maximum atomic E-state index is 11.0. The van der Waals surface area contributed by atoms with Crippen molar-refractivity contribution in [3.63, 3.8) is 0 Å². The van der Waals surface area contributed by atoms with Crippen LogP contribution in [0.25, 0.3) is 0 Å². The molecule has 0 heterocycles. The zero-order chi connectivity index (χ0) is 12.0. The number of carbonyl (C=O) groups is 1. The quantitative estimate of drug-likeness (QED) is 0.798. The lowest BCUT2D eigenvalue weighted by Crippen LogP contribution is -2.17. The van der Waals surface area contributed by atoms with E-state index in [0.717, 1.165) is 5.56 Å². The molecule has 1 atom stereocenters. The highest BCUT2D eigenvalue weighted by Crippen LogP contribution is 2.19. The van der Waals surface area contributed by atoms with Crippen molar-refractivity contribution in [1.29, 1.82) is 0 Å². The van der Waals surface area contributed by atoms with Crippen molar-refractivity contribution < 1.29 is 9.90 Å². The van der Waals surface area contributed by atoms with Crippen LogP contribution >= 0.6 is 0 Å². The minimum atomic E-state index is -0.467. The topological polar surface area (TPSA) is 49.3 Å². The van der Waals surface area contributed by atoms with Crippen LogP contribution in [0.2, 0.25) is 0 Å². The number of benzene rings is 1. The van der Waals surface area contributed by atoms with Crippen LogP contribution in [0.1, 0.15) is 36.5 Å². The fraction of sp³-hybridized carbons (Fsp3) is 0.462. The van der Waals surface area contributed by atoms with Gasteiger partial charge in [0.2, 0.25) is 5.91 Å². The van der Waals surface area contributed by atoms with Crippen LogP contribution < -0.4 is 5.32 Å². The van der Waals surface area contributed by atoms with Gasteiger partial charge in [-0.2, -0.15) is 0 Å². The Kier molecular flexibility index (Phi) is 4.99. The number of hydrogen-bond acceptors (Lipinski definition) is 2. The molecule has 0 aliphatic heterocycles. The second-order valence-electron chi connectivity index (χ2n) is 3.99. The van der Waals surface area contributed by atoms with Crippen molar-refractivity contribution in [2.45, 2.75) is 32.3 Å². The van der Waals surface area contributed by atoms with E-state index in [2.05, 4.69) is 5.32 Å². The van der Waals surface area contributed by atoms with E-state index in [0.29, 0.717) is 19.3 Å². The zero-order valence-electron chi connectivity index (χ0n) is 9.86. The fourth-order valence-corrected chi connectivity index (χ4v) is 1.54. The predicted octanol–water partition coefficient (Wildman–Crippen LogP) is 1.94. The van der Waals surface area contributed by atoms with Crippen LogP contribution in [0.4, 0.5) is 0 Å². The molecule has 0 aliphatic carbocycles. The lowest BCUT2D eigenvalue weighted by molar-refractivity contribution is -0.120. The molecule has 1 aromatic carbocycles. The molecule has 3 heteroatoms. The first-order valence-electron chi connectivity index (χ1n) is 5.58. The van der Waals surface area contributed by atoms with Gasteiger partial charge in [-0.3, -0.25) is 4.79 Å². The molecule has 0 aliphatic rings. The summed E-state index contributed by atoms with van der Waals surface area (Å²) in [5.74, 6) is 0.0242. The Balaban J connectivity index is 2.37. The second-order valence-corrected chi connectivity index (χ2v) is 3.99. The van der Waals surface area contributed by atoms with Crippen molar-refractivity contribution in [3.8, 4) is 0 Å². The zero-order valence-corrected chi connectivity index (χ0v) is 9.86. The summed E-state index contributed by atoms with van der Waals surface area (Å²) in [6.45, 7) is 2.02. The molecule has 2 N–H and O–H groups in total. The lowest BCUT2D eigenvalue weighted by atomic mass is 10.0. The molecule has 0 saturated carbocycles. The van der Waals surface area contributed by atoms with Crippen LogP contribution in [0.3, 0.4) is 0 Å². The van der Waals surface area contributed by atoms with Gasteiger partial charge in [0.1, 0.15) is 0 Å². The molecule has 1 aromatic rings. The summed E-state index contributed by atoms with van der Waals surface area (Å²) in [5, 5.41) is 12.4. The van der Waals surface area contributed by atoms with E-state index in [4.69, 9.17) is 0 Å².